The minimum Gasteiger partial charge on any atom is -0.471 e. The maximum atomic E-state index is 12.7. The number of dihydropyridines is 1. The molecule has 0 spiro atoms. The number of hydrogen-bond acceptors (Lipinski definition) is 6. The van der Waals surface area contributed by atoms with Crippen LogP contribution in [0.2, 0.25) is 0 Å². The summed E-state index contributed by atoms with van der Waals surface area (Å²) in [5.74, 6) is 0.448. The second kappa shape index (κ2) is 6.79. The van der Waals surface area contributed by atoms with E-state index in [-0.39, 0.29) is 12.0 Å². The zero-order valence-electron chi connectivity index (χ0n) is 15.5. The molecule has 0 aliphatic carbocycles. The van der Waals surface area contributed by atoms with E-state index >= 15 is 0 Å². The van der Waals surface area contributed by atoms with Crippen molar-refractivity contribution in [1.82, 2.24) is 10.3 Å². The molecule has 138 valence electrons. The fourth-order valence-electron chi connectivity index (χ4n) is 3.79. The predicted octanol–water partition coefficient (Wildman–Crippen LogP) is 3.09. The summed E-state index contributed by atoms with van der Waals surface area (Å²) in [6, 6.07) is 11.4. The molecule has 27 heavy (non-hydrogen) atoms. The molecular formula is C21H21N3O3. The van der Waals surface area contributed by atoms with Crippen LogP contribution in [-0.4, -0.2) is 30.8 Å². The topological polar surface area (TPSA) is 63.7 Å². The number of methoxy groups -OCH3 is 1. The van der Waals surface area contributed by atoms with E-state index in [9.17, 15) is 4.79 Å². The van der Waals surface area contributed by atoms with Crippen LogP contribution < -0.4 is 15.0 Å². The van der Waals surface area contributed by atoms with Crippen LogP contribution in [0.5, 0.6) is 5.75 Å². The van der Waals surface area contributed by atoms with Gasteiger partial charge in [0.25, 0.3) is 0 Å². The minimum atomic E-state index is -0.358. The molecule has 2 aliphatic heterocycles. The number of carbonyl (C=O) groups is 1. The van der Waals surface area contributed by atoms with Crippen LogP contribution in [0.4, 0.5) is 5.69 Å². The van der Waals surface area contributed by atoms with E-state index in [1.165, 1.54) is 7.11 Å². The average molecular weight is 363 g/mol. The van der Waals surface area contributed by atoms with Crippen molar-refractivity contribution < 1.29 is 14.3 Å². The molecule has 0 radical (unpaired) electrons. The number of allylic oxidation sites excluding steroid dienone is 2. The maximum Gasteiger partial charge on any atom is 0.337 e. The molecule has 1 N–H and O–H groups in total. The third-order valence-corrected chi connectivity index (χ3v) is 4.95. The smallest absolute Gasteiger partial charge is 0.337 e. The van der Waals surface area contributed by atoms with Gasteiger partial charge in [-0.25, -0.2) is 4.79 Å². The second-order valence-corrected chi connectivity index (χ2v) is 6.55. The first-order valence-corrected chi connectivity index (χ1v) is 8.77. The molecule has 4 rings (SSSR count). The number of nitrogens with zero attached hydrogens (tertiary/aromatic N) is 2. The minimum absolute atomic E-state index is 0.341. The van der Waals surface area contributed by atoms with E-state index in [4.69, 9.17) is 9.47 Å². The van der Waals surface area contributed by atoms with Crippen LogP contribution in [0.15, 0.2) is 65.8 Å². The van der Waals surface area contributed by atoms with Crippen molar-refractivity contribution in [2.24, 2.45) is 0 Å². The van der Waals surface area contributed by atoms with Gasteiger partial charge in [0.2, 0.25) is 0 Å². The van der Waals surface area contributed by atoms with E-state index in [0.717, 1.165) is 34.0 Å². The van der Waals surface area contributed by atoms with Crippen LogP contribution in [0.3, 0.4) is 0 Å². The van der Waals surface area contributed by atoms with Crippen LogP contribution in [0.1, 0.15) is 19.4 Å². The first kappa shape index (κ1) is 17.1. The van der Waals surface area contributed by atoms with Gasteiger partial charge in [0.1, 0.15) is 5.75 Å². The number of ether oxygens (including phenoxy) is 2. The van der Waals surface area contributed by atoms with E-state index < -0.39 is 0 Å². The Morgan fingerprint density at radius 3 is 2.78 bits per heavy atom. The molecule has 1 aromatic carbocycles. The Bertz CT molecular complexity index is 950. The standard InChI is InChI=1S/C21H21N3O3/c1-13-18(15-7-6-10-22-11-15)20(19(14(2)23-13)21(25)26-3)24-12-27-17-9-5-4-8-16(17)24/h4-11,20,23H,12H2,1-3H3. The summed E-state index contributed by atoms with van der Waals surface area (Å²) in [6.07, 6.45) is 3.55. The number of anilines is 1. The van der Waals surface area contributed by atoms with Gasteiger partial charge in [0, 0.05) is 34.9 Å². The van der Waals surface area contributed by atoms with E-state index in [2.05, 4.69) is 15.2 Å². The maximum absolute atomic E-state index is 12.7. The number of nitrogens with one attached hydrogen (secondary N) is 1. The Kier molecular flexibility index (Phi) is 4.32. The van der Waals surface area contributed by atoms with Crippen molar-refractivity contribution in [1.29, 1.82) is 0 Å². The van der Waals surface area contributed by atoms with Crippen LogP contribution >= 0.6 is 0 Å². The Morgan fingerprint density at radius 1 is 1.22 bits per heavy atom. The van der Waals surface area contributed by atoms with Crippen LogP contribution in [0.25, 0.3) is 5.57 Å². The first-order valence-electron chi connectivity index (χ1n) is 8.77. The van der Waals surface area contributed by atoms with E-state index in [1.54, 1.807) is 6.20 Å². The molecule has 2 aromatic rings. The SMILES string of the molecule is COC(=O)C1=C(C)NC(C)=C(c2cccnc2)C1N1COc2ccccc21. The number of fused-ring (bicyclic) bond motifs is 1. The van der Waals surface area contributed by atoms with Crippen molar-refractivity contribution in [3.8, 4) is 5.75 Å². The zero-order chi connectivity index (χ0) is 19.0. The summed E-state index contributed by atoms with van der Waals surface area (Å²) < 4.78 is 11.0. The summed E-state index contributed by atoms with van der Waals surface area (Å²) in [4.78, 5) is 19.1. The van der Waals surface area contributed by atoms with Crippen molar-refractivity contribution in [2.45, 2.75) is 19.9 Å². The monoisotopic (exact) mass is 363 g/mol. The molecule has 1 unspecified atom stereocenters. The predicted molar refractivity (Wildman–Crippen MR) is 103 cm³/mol. The lowest BCUT2D eigenvalue weighted by Gasteiger charge is -2.37. The zero-order valence-corrected chi connectivity index (χ0v) is 15.5. The van der Waals surface area contributed by atoms with Gasteiger partial charge in [-0.3, -0.25) is 4.98 Å². The third kappa shape index (κ3) is 2.83. The van der Waals surface area contributed by atoms with Crippen molar-refractivity contribution >= 4 is 17.2 Å². The molecule has 2 aliphatic rings. The van der Waals surface area contributed by atoms with Gasteiger partial charge in [-0.2, -0.15) is 0 Å². The lowest BCUT2D eigenvalue weighted by atomic mass is 9.87. The van der Waals surface area contributed by atoms with Gasteiger partial charge in [-0.05, 0) is 32.0 Å². The number of carbonyl (C=O) groups excluding carboxylic acids is 1. The normalized spacial score (nSPS) is 18.8. The number of benzene rings is 1. The van der Waals surface area contributed by atoms with Gasteiger partial charge in [0.15, 0.2) is 6.73 Å². The fourth-order valence-corrected chi connectivity index (χ4v) is 3.79. The molecule has 1 atom stereocenters. The highest BCUT2D eigenvalue weighted by Gasteiger charge is 2.40. The molecule has 6 heteroatoms. The molecule has 3 heterocycles. The van der Waals surface area contributed by atoms with Crippen LogP contribution in [-0.2, 0) is 9.53 Å². The number of aromatic nitrogens is 1. The molecule has 0 amide bonds. The molecular weight excluding hydrogens is 342 g/mol. The van der Waals surface area contributed by atoms with Gasteiger partial charge in [-0.1, -0.05) is 18.2 Å². The molecule has 0 fully saturated rings. The highest BCUT2D eigenvalue weighted by molar-refractivity contribution is 5.98. The van der Waals surface area contributed by atoms with Crippen molar-refractivity contribution in [2.75, 3.05) is 18.7 Å². The summed E-state index contributed by atoms with van der Waals surface area (Å²) in [5, 5.41) is 3.33. The molecule has 0 bridgehead atoms. The summed E-state index contributed by atoms with van der Waals surface area (Å²) >= 11 is 0. The van der Waals surface area contributed by atoms with Gasteiger partial charge >= 0.3 is 5.97 Å². The number of esters is 1. The molecule has 1 aromatic heterocycles. The fraction of sp³-hybridized carbons (Fsp3) is 0.238. The number of para-hydroxylation sites is 2. The van der Waals surface area contributed by atoms with Gasteiger partial charge in [-0.15, -0.1) is 0 Å². The van der Waals surface area contributed by atoms with Gasteiger partial charge in [0.05, 0.1) is 24.4 Å². The Hall–Kier alpha value is -3.28. The second-order valence-electron chi connectivity index (χ2n) is 6.55. The molecule has 6 nitrogen and oxygen atoms in total. The number of pyridine rings is 1. The quantitative estimate of drug-likeness (QED) is 0.846. The van der Waals surface area contributed by atoms with Gasteiger partial charge < -0.3 is 19.7 Å². The Balaban J connectivity index is 1.91. The summed E-state index contributed by atoms with van der Waals surface area (Å²) in [7, 11) is 1.41. The highest BCUT2D eigenvalue weighted by Crippen LogP contribution is 2.42. The van der Waals surface area contributed by atoms with E-state index in [0.29, 0.717) is 12.3 Å². The summed E-state index contributed by atoms with van der Waals surface area (Å²) in [5.41, 5.74) is 5.21. The van der Waals surface area contributed by atoms with Crippen molar-refractivity contribution in [3.05, 3.63) is 71.3 Å². The lowest BCUT2D eigenvalue weighted by Crippen LogP contribution is -2.44. The Morgan fingerprint density at radius 2 is 2.04 bits per heavy atom. The number of rotatable bonds is 3. The lowest BCUT2D eigenvalue weighted by molar-refractivity contribution is -0.136. The third-order valence-electron chi connectivity index (χ3n) is 4.95. The van der Waals surface area contributed by atoms with E-state index in [1.807, 2.05) is 56.4 Å². The Labute approximate surface area is 158 Å². The highest BCUT2D eigenvalue weighted by atomic mass is 16.5. The van der Waals surface area contributed by atoms with Crippen LogP contribution in [0, 0.1) is 0 Å². The largest absolute Gasteiger partial charge is 0.471 e. The molecule has 0 saturated carbocycles. The average Bonchev–Trinajstić information content (AvgIpc) is 3.11. The number of hydrogen-bond donors (Lipinski definition) is 1. The van der Waals surface area contributed by atoms with Crippen molar-refractivity contribution in [3.63, 3.8) is 0 Å². The first-order chi connectivity index (χ1) is 13.1. The summed E-state index contributed by atoms with van der Waals surface area (Å²) in [6.45, 7) is 4.26. The molecule has 0 saturated heterocycles.